The van der Waals surface area contributed by atoms with Gasteiger partial charge in [0.1, 0.15) is 0 Å². The zero-order valence-corrected chi connectivity index (χ0v) is 12.0. The molecule has 1 N–H and O–H groups in total. The lowest BCUT2D eigenvalue weighted by molar-refractivity contribution is 0.0566. The van der Waals surface area contributed by atoms with Gasteiger partial charge in [0, 0.05) is 37.8 Å². The molecule has 0 aromatic carbocycles. The van der Waals surface area contributed by atoms with E-state index in [0.29, 0.717) is 5.54 Å². The van der Waals surface area contributed by atoms with Crippen molar-refractivity contribution in [1.29, 1.82) is 0 Å². The predicted octanol–water partition coefficient (Wildman–Crippen LogP) is 1.88. The van der Waals surface area contributed by atoms with E-state index < -0.39 is 0 Å². The van der Waals surface area contributed by atoms with Crippen LogP contribution >= 0.6 is 0 Å². The van der Waals surface area contributed by atoms with Gasteiger partial charge in [-0.3, -0.25) is 4.90 Å². The Morgan fingerprint density at radius 3 is 2.78 bits per heavy atom. The van der Waals surface area contributed by atoms with Gasteiger partial charge in [-0.2, -0.15) is 0 Å². The Hall–Kier alpha value is -0.120. The molecule has 0 spiro atoms. The third kappa shape index (κ3) is 2.59. The van der Waals surface area contributed by atoms with Crippen molar-refractivity contribution in [3.63, 3.8) is 0 Å². The molecule has 0 aromatic rings. The first-order chi connectivity index (χ1) is 8.71. The second-order valence-corrected chi connectivity index (χ2v) is 6.79. The average Bonchev–Trinajstić information content (AvgIpc) is 3.11. The van der Waals surface area contributed by atoms with Crippen molar-refractivity contribution >= 4 is 0 Å². The van der Waals surface area contributed by atoms with Gasteiger partial charge in [-0.1, -0.05) is 6.92 Å². The minimum Gasteiger partial charge on any atom is -0.381 e. The summed E-state index contributed by atoms with van der Waals surface area (Å²) in [5, 5.41) is 3.84. The second kappa shape index (κ2) is 5.10. The summed E-state index contributed by atoms with van der Waals surface area (Å²) < 4.78 is 5.54. The fraction of sp³-hybridized carbons (Fsp3) is 1.00. The summed E-state index contributed by atoms with van der Waals surface area (Å²) >= 11 is 0. The monoisotopic (exact) mass is 252 g/mol. The normalized spacial score (nSPS) is 42.3. The molecule has 3 heteroatoms. The van der Waals surface area contributed by atoms with Crippen LogP contribution in [0.25, 0.3) is 0 Å². The van der Waals surface area contributed by atoms with Gasteiger partial charge in [-0.25, -0.2) is 0 Å². The van der Waals surface area contributed by atoms with Crippen LogP contribution in [0.3, 0.4) is 0 Å². The predicted molar refractivity (Wildman–Crippen MR) is 73.7 cm³/mol. The van der Waals surface area contributed by atoms with Crippen molar-refractivity contribution in [2.24, 2.45) is 11.8 Å². The topological polar surface area (TPSA) is 24.5 Å². The number of ether oxygens (including phenoxy) is 1. The molecular weight excluding hydrogens is 224 g/mol. The molecule has 0 bridgehead atoms. The number of piperazine rings is 1. The van der Waals surface area contributed by atoms with Crippen molar-refractivity contribution in [2.75, 3.05) is 32.8 Å². The Labute approximate surface area is 111 Å². The largest absolute Gasteiger partial charge is 0.381 e. The van der Waals surface area contributed by atoms with Crippen LogP contribution in [-0.4, -0.2) is 49.3 Å². The van der Waals surface area contributed by atoms with E-state index in [1.54, 1.807) is 0 Å². The van der Waals surface area contributed by atoms with Gasteiger partial charge in [0.25, 0.3) is 0 Å². The highest BCUT2D eigenvalue weighted by Gasteiger charge is 2.45. The highest BCUT2D eigenvalue weighted by Crippen LogP contribution is 2.41. The van der Waals surface area contributed by atoms with E-state index >= 15 is 0 Å². The van der Waals surface area contributed by atoms with Crippen LogP contribution < -0.4 is 5.32 Å². The van der Waals surface area contributed by atoms with E-state index in [0.717, 1.165) is 31.1 Å². The molecule has 1 saturated carbocycles. The Bertz CT molecular complexity index is 286. The lowest BCUT2D eigenvalue weighted by Crippen LogP contribution is -2.64. The molecule has 3 fully saturated rings. The highest BCUT2D eigenvalue weighted by atomic mass is 16.5. The van der Waals surface area contributed by atoms with Gasteiger partial charge in [-0.15, -0.1) is 0 Å². The van der Waals surface area contributed by atoms with E-state index in [4.69, 9.17) is 4.74 Å². The number of hydrogen-bond donors (Lipinski definition) is 1. The molecule has 2 saturated heterocycles. The summed E-state index contributed by atoms with van der Waals surface area (Å²) in [6.07, 6.45) is 5.39. The van der Waals surface area contributed by atoms with Gasteiger partial charge in [0.15, 0.2) is 0 Å². The minimum atomic E-state index is 0.380. The Morgan fingerprint density at radius 2 is 2.17 bits per heavy atom. The second-order valence-electron chi connectivity index (χ2n) is 6.79. The first kappa shape index (κ1) is 12.9. The van der Waals surface area contributed by atoms with Crippen LogP contribution in [0.1, 0.15) is 39.5 Å². The molecule has 3 nitrogen and oxygen atoms in total. The third-order valence-corrected chi connectivity index (χ3v) is 5.26. The SMILES string of the molecule is CCC1CNC(C)(C2CC2)CN1CC1CCOC1. The van der Waals surface area contributed by atoms with Crippen LogP contribution in [0.4, 0.5) is 0 Å². The fourth-order valence-corrected chi connectivity index (χ4v) is 3.76. The van der Waals surface area contributed by atoms with Gasteiger partial charge >= 0.3 is 0 Å². The third-order valence-electron chi connectivity index (χ3n) is 5.26. The summed E-state index contributed by atoms with van der Waals surface area (Å²) in [6.45, 7) is 10.4. The number of nitrogens with zero attached hydrogens (tertiary/aromatic N) is 1. The molecule has 0 radical (unpaired) electrons. The lowest BCUT2D eigenvalue weighted by Gasteiger charge is -2.47. The van der Waals surface area contributed by atoms with E-state index in [2.05, 4.69) is 24.1 Å². The van der Waals surface area contributed by atoms with Crippen molar-refractivity contribution in [3.8, 4) is 0 Å². The summed E-state index contributed by atoms with van der Waals surface area (Å²) in [5.41, 5.74) is 0.380. The Morgan fingerprint density at radius 1 is 1.33 bits per heavy atom. The minimum absolute atomic E-state index is 0.380. The van der Waals surface area contributed by atoms with Crippen LogP contribution in [-0.2, 0) is 4.74 Å². The molecule has 3 aliphatic rings. The van der Waals surface area contributed by atoms with E-state index in [9.17, 15) is 0 Å². The molecule has 3 rings (SSSR count). The zero-order valence-electron chi connectivity index (χ0n) is 12.0. The smallest absolute Gasteiger partial charge is 0.0507 e. The van der Waals surface area contributed by atoms with Crippen molar-refractivity contribution in [2.45, 2.75) is 51.1 Å². The van der Waals surface area contributed by atoms with Crippen molar-refractivity contribution < 1.29 is 4.74 Å². The maximum Gasteiger partial charge on any atom is 0.0507 e. The van der Waals surface area contributed by atoms with Gasteiger partial charge in [0.05, 0.1) is 6.61 Å². The quantitative estimate of drug-likeness (QED) is 0.827. The Kier molecular flexibility index (Phi) is 3.65. The van der Waals surface area contributed by atoms with Crippen molar-refractivity contribution in [3.05, 3.63) is 0 Å². The van der Waals surface area contributed by atoms with E-state index in [1.807, 2.05) is 0 Å². The first-order valence-corrected chi connectivity index (χ1v) is 7.78. The first-order valence-electron chi connectivity index (χ1n) is 7.78. The molecule has 2 aliphatic heterocycles. The van der Waals surface area contributed by atoms with Gasteiger partial charge in [0.2, 0.25) is 0 Å². The maximum atomic E-state index is 5.54. The van der Waals surface area contributed by atoms with Crippen LogP contribution in [0.5, 0.6) is 0 Å². The molecular formula is C15H28N2O. The number of rotatable bonds is 4. The molecule has 1 aliphatic carbocycles. The van der Waals surface area contributed by atoms with Crippen molar-refractivity contribution in [1.82, 2.24) is 10.2 Å². The van der Waals surface area contributed by atoms with E-state index in [1.165, 1.54) is 45.3 Å². The molecule has 104 valence electrons. The zero-order chi connectivity index (χ0) is 12.6. The molecule has 3 atom stereocenters. The van der Waals surface area contributed by atoms with Crippen LogP contribution in [0, 0.1) is 11.8 Å². The van der Waals surface area contributed by atoms with Gasteiger partial charge < -0.3 is 10.1 Å². The lowest BCUT2D eigenvalue weighted by atomic mass is 9.89. The van der Waals surface area contributed by atoms with E-state index in [-0.39, 0.29) is 0 Å². The molecule has 18 heavy (non-hydrogen) atoms. The Balaban J connectivity index is 1.63. The molecule has 0 amide bonds. The summed E-state index contributed by atoms with van der Waals surface area (Å²) in [5.74, 6) is 1.71. The molecule has 2 heterocycles. The molecule has 3 unspecified atom stereocenters. The van der Waals surface area contributed by atoms with Crippen LogP contribution in [0.15, 0.2) is 0 Å². The molecule has 0 aromatic heterocycles. The van der Waals surface area contributed by atoms with Gasteiger partial charge in [-0.05, 0) is 44.4 Å². The maximum absolute atomic E-state index is 5.54. The number of nitrogens with one attached hydrogen (secondary N) is 1. The summed E-state index contributed by atoms with van der Waals surface area (Å²) in [7, 11) is 0. The fourth-order valence-electron chi connectivity index (χ4n) is 3.76. The highest BCUT2D eigenvalue weighted by molar-refractivity contribution is 5.04. The average molecular weight is 252 g/mol. The number of hydrogen-bond acceptors (Lipinski definition) is 3. The van der Waals surface area contributed by atoms with Crippen LogP contribution in [0.2, 0.25) is 0 Å². The summed E-state index contributed by atoms with van der Waals surface area (Å²) in [4.78, 5) is 2.76. The summed E-state index contributed by atoms with van der Waals surface area (Å²) in [6, 6.07) is 0.734. The standard InChI is InChI=1S/C15H28N2O/c1-3-14-8-16-15(2,13-4-5-13)11-17(14)9-12-6-7-18-10-12/h12-14,16H,3-11H2,1-2H3.